The van der Waals surface area contributed by atoms with Crippen LogP contribution in [0.3, 0.4) is 0 Å². The van der Waals surface area contributed by atoms with Gasteiger partial charge < -0.3 is 10.5 Å². The number of hydrogen-bond donors (Lipinski definition) is 1. The maximum atomic E-state index is 12.1. The first-order valence-electron chi connectivity index (χ1n) is 5.01. The molecule has 0 heterocycles. The summed E-state index contributed by atoms with van der Waals surface area (Å²) in [6, 6.07) is 5.01. The zero-order valence-corrected chi connectivity index (χ0v) is 10.5. The molecule has 0 unspecified atom stereocenters. The predicted molar refractivity (Wildman–Crippen MR) is 65.2 cm³/mol. The van der Waals surface area contributed by atoms with Crippen molar-refractivity contribution in [2.45, 2.75) is 13.8 Å². The second kappa shape index (κ2) is 4.85. The number of rotatable bonds is 4. The van der Waals surface area contributed by atoms with Gasteiger partial charge in [0.1, 0.15) is 5.75 Å². The lowest BCUT2D eigenvalue weighted by Gasteiger charge is -2.21. The van der Waals surface area contributed by atoms with Crippen LogP contribution in [0.25, 0.3) is 0 Å². The van der Waals surface area contributed by atoms with E-state index in [1.165, 1.54) is 0 Å². The fraction of sp³-hybridized carbons (Fsp3) is 0.417. The highest BCUT2D eigenvalue weighted by Gasteiger charge is 2.28. The van der Waals surface area contributed by atoms with Gasteiger partial charge >= 0.3 is 0 Å². The molecule has 16 heavy (non-hydrogen) atoms. The van der Waals surface area contributed by atoms with Gasteiger partial charge in [-0.3, -0.25) is 4.79 Å². The van der Waals surface area contributed by atoms with Crippen LogP contribution in [0.4, 0.5) is 0 Å². The summed E-state index contributed by atoms with van der Waals surface area (Å²) in [5.41, 5.74) is 5.45. The third kappa shape index (κ3) is 2.54. The number of ether oxygens (including phenoxy) is 1. The number of benzene rings is 1. The molecule has 2 N–H and O–H groups in total. The molecule has 3 nitrogen and oxygen atoms in total. The highest BCUT2D eigenvalue weighted by molar-refractivity contribution is 6.34. The largest absolute Gasteiger partial charge is 0.497 e. The lowest BCUT2D eigenvalue weighted by atomic mass is 9.84. The van der Waals surface area contributed by atoms with Gasteiger partial charge in [0.25, 0.3) is 0 Å². The van der Waals surface area contributed by atoms with Gasteiger partial charge in [0, 0.05) is 17.5 Å². The van der Waals surface area contributed by atoms with Gasteiger partial charge in [-0.15, -0.1) is 0 Å². The zero-order chi connectivity index (χ0) is 12.3. The molecule has 0 radical (unpaired) electrons. The maximum absolute atomic E-state index is 12.1. The molecular weight excluding hydrogens is 226 g/mol. The molecule has 0 aliphatic carbocycles. The van der Waals surface area contributed by atoms with Crippen molar-refractivity contribution in [1.29, 1.82) is 0 Å². The SMILES string of the molecule is COc1ccc(C(=O)C(C)(C)CN)c(Cl)c1. The van der Waals surface area contributed by atoms with Crippen molar-refractivity contribution >= 4 is 17.4 Å². The van der Waals surface area contributed by atoms with E-state index in [1.54, 1.807) is 39.2 Å². The minimum Gasteiger partial charge on any atom is -0.497 e. The summed E-state index contributed by atoms with van der Waals surface area (Å²) in [4.78, 5) is 12.1. The Hall–Kier alpha value is -1.06. The standard InChI is InChI=1S/C12H16ClNO2/c1-12(2,7-14)11(15)9-5-4-8(16-3)6-10(9)13/h4-6H,7,14H2,1-3H3. The zero-order valence-electron chi connectivity index (χ0n) is 9.71. The molecule has 0 aliphatic rings. The Morgan fingerprint density at radius 2 is 2.12 bits per heavy atom. The van der Waals surface area contributed by atoms with Crippen LogP contribution >= 0.6 is 11.6 Å². The van der Waals surface area contributed by atoms with Crippen molar-refractivity contribution in [3.05, 3.63) is 28.8 Å². The van der Waals surface area contributed by atoms with Crippen molar-refractivity contribution in [3.8, 4) is 5.75 Å². The summed E-state index contributed by atoms with van der Waals surface area (Å²) < 4.78 is 5.02. The number of methoxy groups -OCH3 is 1. The molecule has 0 saturated heterocycles. The fourth-order valence-electron chi connectivity index (χ4n) is 1.26. The van der Waals surface area contributed by atoms with Crippen LogP contribution in [-0.2, 0) is 0 Å². The highest BCUT2D eigenvalue weighted by atomic mass is 35.5. The third-order valence-electron chi connectivity index (χ3n) is 2.55. The summed E-state index contributed by atoms with van der Waals surface area (Å²) in [5, 5.41) is 0.394. The molecule has 88 valence electrons. The average molecular weight is 242 g/mol. The Morgan fingerprint density at radius 1 is 1.50 bits per heavy atom. The van der Waals surface area contributed by atoms with E-state index in [2.05, 4.69) is 0 Å². The Labute approximate surface area is 101 Å². The Balaban J connectivity index is 3.10. The summed E-state index contributed by atoms with van der Waals surface area (Å²) in [6.07, 6.45) is 0. The van der Waals surface area contributed by atoms with Crippen LogP contribution < -0.4 is 10.5 Å². The summed E-state index contributed by atoms with van der Waals surface area (Å²) in [5.74, 6) is 0.578. The van der Waals surface area contributed by atoms with E-state index in [0.717, 1.165) is 0 Å². The normalized spacial score (nSPS) is 11.3. The van der Waals surface area contributed by atoms with Gasteiger partial charge in [-0.25, -0.2) is 0 Å². The van der Waals surface area contributed by atoms with Gasteiger partial charge in [0.05, 0.1) is 12.1 Å². The van der Waals surface area contributed by atoms with E-state index in [0.29, 0.717) is 16.3 Å². The predicted octanol–water partition coefficient (Wildman–Crippen LogP) is 2.52. The lowest BCUT2D eigenvalue weighted by molar-refractivity contribution is 0.0847. The van der Waals surface area contributed by atoms with Crippen molar-refractivity contribution in [1.82, 2.24) is 0 Å². The number of ketones is 1. The van der Waals surface area contributed by atoms with Crippen LogP contribution in [0.2, 0.25) is 5.02 Å². The molecule has 0 spiro atoms. The van der Waals surface area contributed by atoms with E-state index in [1.807, 2.05) is 0 Å². The Kier molecular flexibility index (Phi) is 3.94. The quantitative estimate of drug-likeness (QED) is 0.825. The average Bonchev–Trinajstić information content (AvgIpc) is 2.28. The minimum absolute atomic E-state index is 0.0531. The van der Waals surface area contributed by atoms with Gasteiger partial charge in [-0.2, -0.15) is 0 Å². The summed E-state index contributed by atoms with van der Waals surface area (Å²) >= 11 is 6.02. The van der Waals surface area contributed by atoms with Crippen LogP contribution in [-0.4, -0.2) is 19.4 Å². The van der Waals surface area contributed by atoms with E-state index in [9.17, 15) is 4.79 Å². The molecule has 1 aromatic rings. The monoisotopic (exact) mass is 241 g/mol. The molecule has 0 atom stereocenters. The van der Waals surface area contributed by atoms with Gasteiger partial charge in [-0.1, -0.05) is 25.4 Å². The summed E-state index contributed by atoms with van der Waals surface area (Å²) in [6.45, 7) is 3.89. The lowest BCUT2D eigenvalue weighted by Crippen LogP contribution is -2.32. The smallest absolute Gasteiger partial charge is 0.171 e. The molecule has 0 bridgehead atoms. The second-order valence-corrected chi connectivity index (χ2v) is 4.67. The van der Waals surface area contributed by atoms with Crippen LogP contribution in [0.15, 0.2) is 18.2 Å². The Morgan fingerprint density at radius 3 is 2.56 bits per heavy atom. The number of Topliss-reactive ketones (excluding diaryl/α,β-unsaturated/α-hetero) is 1. The molecule has 0 aromatic heterocycles. The van der Waals surface area contributed by atoms with Crippen LogP contribution in [0, 0.1) is 5.41 Å². The first-order valence-corrected chi connectivity index (χ1v) is 5.38. The number of halogens is 1. The molecular formula is C12H16ClNO2. The van der Waals surface area contributed by atoms with E-state index in [4.69, 9.17) is 22.1 Å². The van der Waals surface area contributed by atoms with E-state index < -0.39 is 5.41 Å². The molecule has 1 aromatic carbocycles. The first kappa shape index (κ1) is 13.0. The number of carbonyl (C=O) groups is 1. The topological polar surface area (TPSA) is 52.3 Å². The molecule has 0 fully saturated rings. The van der Waals surface area contributed by atoms with Crippen LogP contribution in [0.1, 0.15) is 24.2 Å². The third-order valence-corrected chi connectivity index (χ3v) is 2.86. The molecule has 1 rings (SSSR count). The summed E-state index contributed by atoms with van der Waals surface area (Å²) in [7, 11) is 1.55. The molecule has 4 heteroatoms. The van der Waals surface area contributed by atoms with Crippen molar-refractivity contribution in [3.63, 3.8) is 0 Å². The molecule has 0 aliphatic heterocycles. The molecule has 0 saturated carbocycles. The Bertz CT molecular complexity index is 402. The van der Waals surface area contributed by atoms with Crippen LogP contribution in [0.5, 0.6) is 5.75 Å². The van der Waals surface area contributed by atoms with E-state index in [-0.39, 0.29) is 12.3 Å². The number of nitrogens with two attached hydrogens (primary N) is 1. The van der Waals surface area contributed by atoms with Crippen molar-refractivity contribution < 1.29 is 9.53 Å². The highest BCUT2D eigenvalue weighted by Crippen LogP contribution is 2.28. The van der Waals surface area contributed by atoms with Crippen molar-refractivity contribution in [2.75, 3.05) is 13.7 Å². The fourth-order valence-corrected chi connectivity index (χ4v) is 1.52. The number of carbonyl (C=O) groups excluding carboxylic acids is 1. The van der Waals surface area contributed by atoms with Gasteiger partial charge in [0.2, 0.25) is 0 Å². The number of hydrogen-bond acceptors (Lipinski definition) is 3. The molecule has 0 amide bonds. The maximum Gasteiger partial charge on any atom is 0.171 e. The minimum atomic E-state index is -0.599. The van der Waals surface area contributed by atoms with Crippen molar-refractivity contribution in [2.24, 2.45) is 11.1 Å². The second-order valence-electron chi connectivity index (χ2n) is 4.26. The first-order chi connectivity index (χ1) is 7.42. The van der Waals surface area contributed by atoms with E-state index >= 15 is 0 Å². The van der Waals surface area contributed by atoms with Gasteiger partial charge in [0.15, 0.2) is 5.78 Å². The van der Waals surface area contributed by atoms with Gasteiger partial charge in [-0.05, 0) is 18.2 Å².